The van der Waals surface area contributed by atoms with Crippen LogP contribution in [0.4, 0.5) is 0 Å². The Balaban J connectivity index is 2.72. The highest BCUT2D eigenvalue weighted by molar-refractivity contribution is 6.30. The molecule has 0 N–H and O–H groups in total. The average molecular weight is 254 g/mol. The van der Waals surface area contributed by atoms with Crippen molar-refractivity contribution in [2.24, 2.45) is 0 Å². The lowest BCUT2D eigenvalue weighted by Crippen LogP contribution is -1.99. The first-order valence-corrected chi connectivity index (χ1v) is 5.16. The second-order valence-corrected chi connectivity index (χ2v) is 3.75. The third-order valence-electron chi connectivity index (χ3n) is 2.32. The molecule has 6 heteroatoms. The van der Waals surface area contributed by atoms with E-state index in [1.165, 1.54) is 17.0 Å². The van der Waals surface area contributed by atoms with E-state index in [4.69, 9.17) is 27.4 Å². The predicted molar refractivity (Wildman–Crippen MR) is 62.7 cm³/mol. The van der Waals surface area contributed by atoms with E-state index in [1.54, 1.807) is 12.1 Å². The van der Waals surface area contributed by atoms with Crippen LogP contribution in [0.25, 0.3) is 5.69 Å². The van der Waals surface area contributed by atoms with Crippen LogP contribution in [-0.2, 0) is 0 Å². The van der Waals surface area contributed by atoms with E-state index in [9.17, 15) is 0 Å². The molecule has 0 aliphatic carbocycles. The third kappa shape index (κ3) is 1.78. The van der Waals surface area contributed by atoms with Crippen LogP contribution in [-0.4, -0.2) is 9.55 Å². The Labute approximate surface area is 108 Å². The van der Waals surface area contributed by atoms with E-state index in [2.05, 4.69) is 4.98 Å². The number of halogens is 1. The number of hydrogen-bond donors (Lipinski definition) is 0. The lowest BCUT2D eigenvalue weighted by atomic mass is 10.2. The molecule has 1 heterocycles. The van der Waals surface area contributed by atoms with Crippen molar-refractivity contribution < 1.29 is 0 Å². The first-order valence-electron chi connectivity index (χ1n) is 4.79. The molecule has 0 aliphatic rings. The summed E-state index contributed by atoms with van der Waals surface area (Å²) in [6.45, 7) is 0. The molecule has 1 aromatic carbocycles. The van der Waals surface area contributed by atoms with Gasteiger partial charge in [0, 0.05) is 5.02 Å². The normalized spacial score (nSPS) is 9.22. The molecule has 0 unspecified atom stereocenters. The SMILES string of the molecule is N#Cc1cc(Cl)ccc1-n1cnc(C#N)c1C#N. The Morgan fingerprint density at radius 2 is 1.89 bits per heavy atom. The summed E-state index contributed by atoms with van der Waals surface area (Å²) in [6.07, 6.45) is 1.33. The van der Waals surface area contributed by atoms with Crippen LogP contribution in [0.2, 0.25) is 5.02 Å². The van der Waals surface area contributed by atoms with Crippen molar-refractivity contribution in [2.75, 3.05) is 0 Å². The summed E-state index contributed by atoms with van der Waals surface area (Å²) in [5, 5.41) is 27.3. The standard InChI is InChI=1S/C12H4ClN5/c13-9-1-2-11(8(3-9)4-14)18-7-17-10(5-15)12(18)6-16/h1-3,7H. The maximum absolute atomic E-state index is 9.04. The van der Waals surface area contributed by atoms with E-state index in [-0.39, 0.29) is 11.4 Å². The van der Waals surface area contributed by atoms with Crippen LogP contribution in [0.15, 0.2) is 24.5 Å². The summed E-state index contributed by atoms with van der Waals surface area (Å²) < 4.78 is 1.40. The fourth-order valence-electron chi connectivity index (χ4n) is 1.53. The van der Waals surface area contributed by atoms with Gasteiger partial charge >= 0.3 is 0 Å². The van der Waals surface area contributed by atoms with E-state index < -0.39 is 0 Å². The molecule has 0 bridgehead atoms. The van der Waals surface area contributed by atoms with Crippen molar-refractivity contribution in [1.29, 1.82) is 15.8 Å². The van der Waals surface area contributed by atoms with Crippen molar-refractivity contribution in [3.8, 4) is 23.9 Å². The second kappa shape index (κ2) is 4.59. The summed E-state index contributed by atoms with van der Waals surface area (Å²) in [5.74, 6) is 0. The largest absolute Gasteiger partial charge is 0.288 e. The first-order chi connectivity index (χ1) is 8.71. The molecule has 0 spiro atoms. The van der Waals surface area contributed by atoms with Gasteiger partial charge in [0.1, 0.15) is 24.5 Å². The lowest BCUT2D eigenvalue weighted by molar-refractivity contribution is 1.03. The number of aromatic nitrogens is 2. The van der Waals surface area contributed by atoms with Crippen molar-refractivity contribution in [2.45, 2.75) is 0 Å². The fourth-order valence-corrected chi connectivity index (χ4v) is 1.70. The Morgan fingerprint density at radius 1 is 1.11 bits per heavy atom. The summed E-state index contributed by atoms with van der Waals surface area (Å²) >= 11 is 5.80. The van der Waals surface area contributed by atoms with Gasteiger partial charge in [0.25, 0.3) is 0 Å². The highest BCUT2D eigenvalue weighted by Crippen LogP contribution is 2.21. The molecule has 18 heavy (non-hydrogen) atoms. The van der Waals surface area contributed by atoms with Crippen LogP contribution < -0.4 is 0 Å². The molecule has 2 rings (SSSR count). The zero-order valence-electron chi connectivity index (χ0n) is 8.92. The molecule has 0 aliphatic heterocycles. The number of rotatable bonds is 1. The van der Waals surface area contributed by atoms with Gasteiger partial charge in [-0.1, -0.05) is 11.6 Å². The van der Waals surface area contributed by atoms with E-state index in [1.807, 2.05) is 18.2 Å². The van der Waals surface area contributed by atoms with Crippen molar-refractivity contribution in [3.05, 3.63) is 46.5 Å². The molecule has 0 saturated carbocycles. The van der Waals surface area contributed by atoms with Gasteiger partial charge in [-0.2, -0.15) is 15.8 Å². The number of imidazole rings is 1. The Bertz CT molecular complexity index is 739. The van der Waals surface area contributed by atoms with Gasteiger partial charge in [-0.15, -0.1) is 0 Å². The topological polar surface area (TPSA) is 89.2 Å². The number of hydrogen-bond acceptors (Lipinski definition) is 4. The van der Waals surface area contributed by atoms with Crippen LogP contribution >= 0.6 is 11.6 Å². The summed E-state index contributed by atoms with van der Waals surface area (Å²) in [6, 6.07) is 10.4. The smallest absolute Gasteiger partial charge is 0.177 e. The van der Waals surface area contributed by atoms with E-state index in [0.29, 0.717) is 16.3 Å². The molecule has 5 nitrogen and oxygen atoms in total. The molecular weight excluding hydrogens is 250 g/mol. The monoisotopic (exact) mass is 253 g/mol. The zero-order valence-corrected chi connectivity index (χ0v) is 9.68. The Hall–Kier alpha value is -2.81. The molecule has 0 saturated heterocycles. The Morgan fingerprint density at radius 3 is 2.50 bits per heavy atom. The van der Waals surface area contributed by atoms with Gasteiger partial charge < -0.3 is 0 Å². The van der Waals surface area contributed by atoms with E-state index >= 15 is 0 Å². The lowest BCUT2D eigenvalue weighted by Gasteiger charge is -2.06. The number of nitrogens with zero attached hydrogens (tertiary/aromatic N) is 5. The molecule has 0 atom stereocenters. The average Bonchev–Trinajstić information content (AvgIpc) is 2.81. The molecule has 0 amide bonds. The minimum Gasteiger partial charge on any atom is -0.288 e. The summed E-state index contributed by atoms with van der Waals surface area (Å²) in [7, 11) is 0. The van der Waals surface area contributed by atoms with Crippen molar-refractivity contribution >= 4 is 11.6 Å². The van der Waals surface area contributed by atoms with Crippen LogP contribution in [0, 0.1) is 34.0 Å². The fraction of sp³-hybridized carbons (Fsp3) is 0. The van der Waals surface area contributed by atoms with Crippen LogP contribution in [0.1, 0.15) is 17.0 Å². The van der Waals surface area contributed by atoms with E-state index in [0.717, 1.165) is 0 Å². The predicted octanol–water partition coefficient (Wildman–Crippen LogP) is 2.14. The van der Waals surface area contributed by atoms with Crippen LogP contribution in [0.5, 0.6) is 0 Å². The minimum absolute atomic E-state index is 0.0244. The molecule has 84 valence electrons. The second-order valence-electron chi connectivity index (χ2n) is 3.31. The van der Waals surface area contributed by atoms with Gasteiger partial charge in [-0.25, -0.2) is 4.98 Å². The first kappa shape index (κ1) is 11.7. The highest BCUT2D eigenvalue weighted by atomic mass is 35.5. The highest BCUT2D eigenvalue weighted by Gasteiger charge is 2.14. The molecule has 0 fully saturated rings. The summed E-state index contributed by atoms with van der Waals surface area (Å²) in [5.41, 5.74) is 0.890. The van der Waals surface area contributed by atoms with Gasteiger partial charge in [0.2, 0.25) is 0 Å². The van der Waals surface area contributed by atoms with Crippen molar-refractivity contribution in [1.82, 2.24) is 9.55 Å². The van der Waals surface area contributed by atoms with Gasteiger partial charge in [-0.3, -0.25) is 4.57 Å². The number of nitriles is 3. The third-order valence-corrected chi connectivity index (χ3v) is 2.55. The molecule has 2 aromatic rings. The van der Waals surface area contributed by atoms with Crippen molar-refractivity contribution in [3.63, 3.8) is 0 Å². The van der Waals surface area contributed by atoms with Gasteiger partial charge in [0.05, 0.1) is 11.3 Å². The Kier molecular flexibility index (Phi) is 2.98. The molecule has 0 radical (unpaired) electrons. The molecular formula is C12H4ClN5. The van der Waals surface area contributed by atoms with Gasteiger partial charge in [0.15, 0.2) is 11.4 Å². The maximum atomic E-state index is 9.04. The minimum atomic E-state index is 0.0244. The molecule has 1 aromatic heterocycles. The quantitative estimate of drug-likeness (QED) is 0.779. The van der Waals surface area contributed by atoms with Crippen LogP contribution in [0.3, 0.4) is 0 Å². The summed E-state index contributed by atoms with van der Waals surface area (Å²) in [4.78, 5) is 3.82. The zero-order chi connectivity index (χ0) is 13.1. The maximum Gasteiger partial charge on any atom is 0.177 e. The number of benzene rings is 1. The van der Waals surface area contributed by atoms with Gasteiger partial charge in [-0.05, 0) is 18.2 Å².